The van der Waals surface area contributed by atoms with E-state index < -0.39 is 0 Å². The van der Waals surface area contributed by atoms with Gasteiger partial charge in [0.15, 0.2) is 0 Å². The van der Waals surface area contributed by atoms with Gasteiger partial charge in [-0.25, -0.2) is 0 Å². The highest BCUT2D eigenvalue weighted by molar-refractivity contribution is 5.94. The van der Waals surface area contributed by atoms with Gasteiger partial charge in [0.2, 0.25) is 0 Å². The summed E-state index contributed by atoms with van der Waals surface area (Å²) in [5, 5.41) is 5.98. The summed E-state index contributed by atoms with van der Waals surface area (Å²) < 4.78 is 0. The van der Waals surface area contributed by atoms with Crippen molar-refractivity contribution in [2.45, 2.75) is 20.8 Å². The second-order valence-electron chi connectivity index (χ2n) is 4.38. The van der Waals surface area contributed by atoms with Crippen LogP contribution in [0.1, 0.15) is 29.8 Å². The van der Waals surface area contributed by atoms with E-state index in [0.717, 1.165) is 17.8 Å². The number of nitrogens with one attached hydrogen (secondary N) is 2. The second kappa shape index (κ2) is 5.54. The summed E-state index contributed by atoms with van der Waals surface area (Å²) in [6.07, 6.45) is 0. The molecular weight excluding hydrogens is 200 g/mol. The van der Waals surface area contributed by atoms with Crippen molar-refractivity contribution < 1.29 is 4.79 Å². The largest absolute Gasteiger partial charge is 0.385 e. The Labute approximate surface area is 97.2 Å². The highest BCUT2D eigenvalue weighted by atomic mass is 16.1. The van der Waals surface area contributed by atoms with Crippen LogP contribution in [0.25, 0.3) is 0 Å². The van der Waals surface area contributed by atoms with Crippen molar-refractivity contribution in [3.8, 4) is 0 Å². The van der Waals surface area contributed by atoms with Crippen LogP contribution in [0.3, 0.4) is 0 Å². The molecule has 0 bridgehead atoms. The Morgan fingerprint density at radius 2 is 2.06 bits per heavy atom. The van der Waals surface area contributed by atoms with Gasteiger partial charge in [-0.1, -0.05) is 13.8 Å². The van der Waals surface area contributed by atoms with E-state index in [4.69, 9.17) is 0 Å². The molecule has 16 heavy (non-hydrogen) atoms. The maximum absolute atomic E-state index is 11.4. The molecule has 0 unspecified atom stereocenters. The number of carbonyl (C=O) groups is 1. The number of carbonyl (C=O) groups excluding carboxylic acids is 1. The topological polar surface area (TPSA) is 41.1 Å². The first kappa shape index (κ1) is 12.6. The lowest BCUT2D eigenvalue weighted by atomic mass is 10.1. The molecule has 0 aliphatic heterocycles. The molecule has 0 heterocycles. The minimum absolute atomic E-state index is 0.0430. The number of benzene rings is 1. The summed E-state index contributed by atoms with van der Waals surface area (Å²) in [7, 11) is 1.64. The third-order valence-electron chi connectivity index (χ3n) is 2.42. The third kappa shape index (κ3) is 3.26. The van der Waals surface area contributed by atoms with Crippen molar-refractivity contribution in [1.29, 1.82) is 0 Å². The molecule has 0 radical (unpaired) electrons. The van der Waals surface area contributed by atoms with E-state index in [0.29, 0.717) is 11.5 Å². The molecule has 88 valence electrons. The number of hydrogen-bond donors (Lipinski definition) is 2. The molecule has 3 nitrogen and oxygen atoms in total. The predicted molar refractivity (Wildman–Crippen MR) is 67.9 cm³/mol. The first-order valence-corrected chi connectivity index (χ1v) is 5.61. The van der Waals surface area contributed by atoms with E-state index in [2.05, 4.69) is 24.5 Å². The van der Waals surface area contributed by atoms with Crippen LogP contribution in [0.4, 0.5) is 5.69 Å². The lowest BCUT2D eigenvalue weighted by Gasteiger charge is -2.12. The fourth-order valence-corrected chi connectivity index (χ4v) is 1.46. The minimum atomic E-state index is -0.0430. The van der Waals surface area contributed by atoms with Crippen molar-refractivity contribution >= 4 is 11.6 Å². The first-order valence-electron chi connectivity index (χ1n) is 5.61. The molecule has 0 aliphatic rings. The SMILES string of the molecule is CNC(=O)c1ccc(NCC(C)C)c(C)c1. The van der Waals surface area contributed by atoms with E-state index in [9.17, 15) is 4.79 Å². The van der Waals surface area contributed by atoms with E-state index in [-0.39, 0.29) is 5.91 Å². The zero-order chi connectivity index (χ0) is 12.1. The molecule has 1 amide bonds. The van der Waals surface area contributed by atoms with Crippen molar-refractivity contribution in [3.63, 3.8) is 0 Å². The van der Waals surface area contributed by atoms with Gasteiger partial charge in [-0.2, -0.15) is 0 Å². The molecule has 1 aromatic carbocycles. The fourth-order valence-electron chi connectivity index (χ4n) is 1.46. The molecule has 3 heteroatoms. The molecule has 0 aromatic heterocycles. The fraction of sp³-hybridized carbons (Fsp3) is 0.462. The Morgan fingerprint density at radius 1 is 1.38 bits per heavy atom. The van der Waals surface area contributed by atoms with Gasteiger partial charge in [-0.3, -0.25) is 4.79 Å². The van der Waals surface area contributed by atoms with Gasteiger partial charge in [0.1, 0.15) is 0 Å². The van der Waals surface area contributed by atoms with Crippen molar-refractivity contribution in [1.82, 2.24) is 5.32 Å². The average Bonchev–Trinajstić information content (AvgIpc) is 2.26. The van der Waals surface area contributed by atoms with Crippen molar-refractivity contribution in [3.05, 3.63) is 29.3 Å². The Morgan fingerprint density at radius 3 is 2.56 bits per heavy atom. The summed E-state index contributed by atoms with van der Waals surface area (Å²) in [5.41, 5.74) is 2.90. The number of anilines is 1. The lowest BCUT2D eigenvalue weighted by Crippen LogP contribution is -2.18. The molecular formula is C13H20N2O. The van der Waals surface area contributed by atoms with E-state index in [1.807, 2.05) is 25.1 Å². The van der Waals surface area contributed by atoms with Crippen LogP contribution in [0.2, 0.25) is 0 Å². The van der Waals surface area contributed by atoms with Crippen molar-refractivity contribution in [2.24, 2.45) is 5.92 Å². The van der Waals surface area contributed by atoms with E-state index >= 15 is 0 Å². The molecule has 0 atom stereocenters. The Bertz CT molecular complexity index is 372. The molecule has 0 saturated heterocycles. The van der Waals surface area contributed by atoms with Gasteiger partial charge in [-0.05, 0) is 36.6 Å². The Hall–Kier alpha value is -1.51. The minimum Gasteiger partial charge on any atom is -0.385 e. The molecule has 1 rings (SSSR count). The smallest absolute Gasteiger partial charge is 0.251 e. The molecule has 0 fully saturated rings. The zero-order valence-corrected chi connectivity index (χ0v) is 10.4. The van der Waals surface area contributed by atoms with Crippen molar-refractivity contribution in [2.75, 3.05) is 18.9 Å². The zero-order valence-electron chi connectivity index (χ0n) is 10.4. The number of rotatable bonds is 4. The van der Waals surface area contributed by atoms with Crippen LogP contribution >= 0.6 is 0 Å². The van der Waals surface area contributed by atoms with Gasteiger partial charge in [0.25, 0.3) is 5.91 Å². The predicted octanol–water partition coefficient (Wildman–Crippen LogP) is 2.42. The normalized spacial score (nSPS) is 10.3. The number of amides is 1. The number of aryl methyl sites for hydroxylation is 1. The van der Waals surface area contributed by atoms with Crippen LogP contribution in [0.15, 0.2) is 18.2 Å². The average molecular weight is 220 g/mol. The van der Waals surface area contributed by atoms with Gasteiger partial charge >= 0.3 is 0 Å². The summed E-state index contributed by atoms with van der Waals surface area (Å²) in [6, 6.07) is 5.71. The van der Waals surface area contributed by atoms with Crippen LogP contribution in [0.5, 0.6) is 0 Å². The van der Waals surface area contributed by atoms with Gasteiger partial charge in [-0.15, -0.1) is 0 Å². The lowest BCUT2D eigenvalue weighted by molar-refractivity contribution is 0.0963. The summed E-state index contributed by atoms with van der Waals surface area (Å²) >= 11 is 0. The summed E-state index contributed by atoms with van der Waals surface area (Å²) in [6.45, 7) is 7.29. The molecule has 0 spiro atoms. The third-order valence-corrected chi connectivity index (χ3v) is 2.42. The van der Waals surface area contributed by atoms with Crippen LogP contribution in [-0.2, 0) is 0 Å². The monoisotopic (exact) mass is 220 g/mol. The maximum atomic E-state index is 11.4. The number of hydrogen-bond acceptors (Lipinski definition) is 2. The van der Waals surface area contributed by atoms with Crippen LogP contribution in [0, 0.1) is 12.8 Å². The highest BCUT2D eigenvalue weighted by Gasteiger charge is 2.05. The molecule has 0 saturated carbocycles. The standard InChI is InChI=1S/C13H20N2O/c1-9(2)8-15-12-6-5-11(7-10(12)3)13(16)14-4/h5-7,9,15H,8H2,1-4H3,(H,14,16). The molecule has 2 N–H and O–H groups in total. The molecule has 1 aromatic rings. The maximum Gasteiger partial charge on any atom is 0.251 e. The molecule has 0 aliphatic carbocycles. The quantitative estimate of drug-likeness (QED) is 0.818. The van der Waals surface area contributed by atoms with Gasteiger partial charge in [0.05, 0.1) is 0 Å². The van der Waals surface area contributed by atoms with Crippen LogP contribution < -0.4 is 10.6 Å². The van der Waals surface area contributed by atoms with Gasteiger partial charge < -0.3 is 10.6 Å². The Balaban J connectivity index is 2.79. The highest BCUT2D eigenvalue weighted by Crippen LogP contribution is 2.16. The summed E-state index contributed by atoms with van der Waals surface area (Å²) in [5.74, 6) is 0.566. The first-order chi connectivity index (χ1) is 7.54. The Kier molecular flexibility index (Phi) is 4.35. The van der Waals surface area contributed by atoms with Gasteiger partial charge in [0, 0.05) is 24.8 Å². The summed E-state index contributed by atoms with van der Waals surface area (Å²) in [4.78, 5) is 11.4. The van der Waals surface area contributed by atoms with E-state index in [1.54, 1.807) is 7.05 Å². The van der Waals surface area contributed by atoms with Crippen LogP contribution in [-0.4, -0.2) is 19.5 Å². The van der Waals surface area contributed by atoms with E-state index in [1.165, 1.54) is 0 Å². The second-order valence-corrected chi connectivity index (χ2v) is 4.38.